The smallest absolute Gasteiger partial charge is 0.0687 e. The van der Waals surface area contributed by atoms with E-state index >= 15 is 0 Å². The van der Waals surface area contributed by atoms with E-state index in [1.807, 2.05) is 18.2 Å². The van der Waals surface area contributed by atoms with Crippen molar-refractivity contribution in [3.8, 4) is 11.1 Å². The van der Waals surface area contributed by atoms with E-state index in [2.05, 4.69) is 30.0 Å². The summed E-state index contributed by atoms with van der Waals surface area (Å²) in [6, 6.07) is 12.3. The van der Waals surface area contributed by atoms with Gasteiger partial charge in [0.1, 0.15) is 0 Å². The van der Waals surface area contributed by atoms with Gasteiger partial charge in [-0.3, -0.25) is 0 Å². The Kier molecular flexibility index (Phi) is 6.52. The van der Waals surface area contributed by atoms with E-state index in [9.17, 15) is 5.11 Å². The molecule has 0 radical (unpaired) electrons. The lowest BCUT2D eigenvalue weighted by atomic mass is 9.88. The van der Waals surface area contributed by atoms with Gasteiger partial charge in [0.05, 0.1) is 6.61 Å². The maximum atomic E-state index is 9.85. The second-order valence-corrected chi connectivity index (χ2v) is 7.35. The molecule has 0 saturated carbocycles. The highest BCUT2D eigenvalue weighted by Gasteiger charge is 2.16. The predicted octanol–water partition coefficient (Wildman–Crippen LogP) is 5.09. The van der Waals surface area contributed by atoms with Gasteiger partial charge in [-0.2, -0.15) is 0 Å². The summed E-state index contributed by atoms with van der Waals surface area (Å²) in [5.74, 6) is 0. The molecular formula is C22H28ClNO. The van der Waals surface area contributed by atoms with E-state index in [1.165, 1.54) is 49.0 Å². The summed E-state index contributed by atoms with van der Waals surface area (Å²) >= 11 is 6.22. The molecule has 25 heavy (non-hydrogen) atoms. The fourth-order valence-electron chi connectivity index (χ4n) is 3.97. The van der Waals surface area contributed by atoms with Crippen LogP contribution in [0.2, 0.25) is 5.02 Å². The van der Waals surface area contributed by atoms with Crippen molar-refractivity contribution in [1.29, 1.82) is 0 Å². The number of aliphatic hydroxyl groups excluding tert-OH is 1. The summed E-state index contributed by atoms with van der Waals surface area (Å²) in [6.45, 7) is 5.85. The molecule has 1 N–H and O–H groups in total. The molecule has 1 aliphatic rings. The molecule has 0 aliphatic carbocycles. The zero-order chi connectivity index (χ0) is 17.6. The Balaban J connectivity index is 1.92. The number of nitrogens with zero attached hydrogens (tertiary/aromatic N) is 1. The molecule has 1 saturated heterocycles. The highest BCUT2D eigenvalue weighted by atomic mass is 35.5. The lowest BCUT2D eigenvalue weighted by molar-refractivity contribution is 0.231. The Morgan fingerprint density at radius 3 is 2.48 bits per heavy atom. The van der Waals surface area contributed by atoms with Crippen molar-refractivity contribution in [1.82, 2.24) is 4.90 Å². The minimum atomic E-state index is 0.0568. The van der Waals surface area contributed by atoms with Crippen molar-refractivity contribution in [3.63, 3.8) is 0 Å². The van der Waals surface area contributed by atoms with Gasteiger partial charge in [0.15, 0.2) is 0 Å². The van der Waals surface area contributed by atoms with Gasteiger partial charge in [-0.15, -0.1) is 0 Å². The van der Waals surface area contributed by atoms with E-state index in [4.69, 9.17) is 11.6 Å². The number of aliphatic hydroxyl groups is 1. The second-order valence-electron chi connectivity index (χ2n) is 6.91. The van der Waals surface area contributed by atoms with Crippen LogP contribution in [0.4, 0.5) is 0 Å². The van der Waals surface area contributed by atoms with E-state index in [1.54, 1.807) is 0 Å². The van der Waals surface area contributed by atoms with Crippen molar-refractivity contribution in [2.75, 3.05) is 19.6 Å². The standard InChI is InChI=1S/C22H28ClNO/c1-2-21-17(11-14-24-12-4-3-5-13-24)9-10-19(16-25)22(21)18-7-6-8-20(23)15-18/h6-10,15,25H,2-5,11-14,16H2,1H3. The minimum absolute atomic E-state index is 0.0568. The van der Waals surface area contributed by atoms with E-state index in [0.717, 1.165) is 35.5 Å². The molecule has 3 rings (SSSR count). The first-order chi connectivity index (χ1) is 12.2. The van der Waals surface area contributed by atoms with Gasteiger partial charge >= 0.3 is 0 Å². The van der Waals surface area contributed by atoms with Crippen LogP contribution in [0.25, 0.3) is 11.1 Å². The maximum Gasteiger partial charge on any atom is 0.0687 e. The first kappa shape index (κ1) is 18.4. The molecule has 2 aromatic carbocycles. The largest absolute Gasteiger partial charge is 0.392 e. The Morgan fingerprint density at radius 2 is 1.80 bits per heavy atom. The molecule has 0 bridgehead atoms. The average molecular weight is 358 g/mol. The summed E-state index contributed by atoms with van der Waals surface area (Å²) < 4.78 is 0. The number of benzene rings is 2. The van der Waals surface area contributed by atoms with Crippen molar-refractivity contribution in [3.05, 3.63) is 58.1 Å². The van der Waals surface area contributed by atoms with Gasteiger partial charge in [0, 0.05) is 11.6 Å². The molecule has 1 aliphatic heterocycles. The Bertz CT molecular complexity index is 707. The molecular weight excluding hydrogens is 330 g/mol. The Morgan fingerprint density at radius 1 is 1.04 bits per heavy atom. The zero-order valence-corrected chi connectivity index (χ0v) is 15.9. The molecule has 134 valence electrons. The van der Waals surface area contributed by atoms with Crippen molar-refractivity contribution >= 4 is 11.6 Å². The van der Waals surface area contributed by atoms with Gasteiger partial charge in [-0.05, 0) is 78.7 Å². The number of piperidine rings is 1. The highest BCUT2D eigenvalue weighted by molar-refractivity contribution is 6.30. The third-order valence-electron chi connectivity index (χ3n) is 5.28. The third-order valence-corrected chi connectivity index (χ3v) is 5.51. The maximum absolute atomic E-state index is 9.85. The number of rotatable bonds is 6. The molecule has 2 nitrogen and oxygen atoms in total. The van der Waals surface area contributed by atoms with Crippen LogP contribution in [0.15, 0.2) is 36.4 Å². The summed E-state index contributed by atoms with van der Waals surface area (Å²) in [4.78, 5) is 2.59. The van der Waals surface area contributed by atoms with Crippen LogP contribution in [0.3, 0.4) is 0 Å². The zero-order valence-electron chi connectivity index (χ0n) is 15.1. The fourth-order valence-corrected chi connectivity index (χ4v) is 4.16. The number of hydrogen-bond acceptors (Lipinski definition) is 2. The van der Waals surface area contributed by atoms with Gasteiger partial charge in [-0.1, -0.05) is 49.2 Å². The van der Waals surface area contributed by atoms with Crippen LogP contribution in [-0.2, 0) is 19.4 Å². The highest BCUT2D eigenvalue weighted by Crippen LogP contribution is 2.33. The summed E-state index contributed by atoms with van der Waals surface area (Å²) in [5, 5.41) is 10.6. The molecule has 2 aromatic rings. The van der Waals surface area contributed by atoms with E-state index in [0.29, 0.717) is 0 Å². The topological polar surface area (TPSA) is 23.5 Å². The van der Waals surface area contributed by atoms with E-state index in [-0.39, 0.29) is 6.61 Å². The van der Waals surface area contributed by atoms with Crippen molar-refractivity contribution < 1.29 is 5.11 Å². The lowest BCUT2D eigenvalue weighted by Crippen LogP contribution is -2.31. The molecule has 1 fully saturated rings. The molecule has 0 aromatic heterocycles. The quantitative estimate of drug-likeness (QED) is 0.778. The number of likely N-dealkylation sites (tertiary alicyclic amines) is 1. The van der Waals surface area contributed by atoms with E-state index < -0.39 is 0 Å². The molecule has 3 heteroatoms. The van der Waals surface area contributed by atoms with Crippen LogP contribution in [0, 0.1) is 0 Å². The number of hydrogen-bond donors (Lipinski definition) is 1. The fraction of sp³-hybridized carbons (Fsp3) is 0.455. The first-order valence-corrected chi connectivity index (χ1v) is 9.83. The summed E-state index contributed by atoms with van der Waals surface area (Å²) in [6.07, 6.45) is 6.07. The number of halogens is 1. The molecule has 0 spiro atoms. The molecule has 0 atom stereocenters. The minimum Gasteiger partial charge on any atom is -0.392 e. The first-order valence-electron chi connectivity index (χ1n) is 9.45. The van der Waals surface area contributed by atoms with Gasteiger partial charge in [-0.25, -0.2) is 0 Å². The van der Waals surface area contributed by atoms with Gasteiger partial charge < -0.3 is 10.0 Å². The summed E-state index contributed by atoms with van der Waals surface area (Å²) in [7, 11) is 0. The Hall–Kier alpha value is -1.35. The average Bonchev–Trinajstić information content (AvgIpc) is 2.66. The lowest BCUT2D eigenvalue weighted by Gasteiger charge is -2.27. The van der Waals surface area contributed by atoms with Crippen molar-refractivity contribution in [2.24, 2.45) is 0 Å². The van der Waals surface area contributed by atoms with Crippen LogP contribution in [-0.4, -0.2) is 29.6 Å². The predicted molar refractivity (Wildman–Crippen MR) is 106 cm³/mol. The Labute approximate surface area is 156 Å². The SMILES string of the molecule is CCc1c(CCN2CCCCC2)ccc(CO)c1-c1cccc(Cl)c1. The van der Waals surface area contributed by atoms with Crippen LogP contribution >= 0.6 is 11.6 Å². The normalized spacial score (nSPS) is 15.5. The van der Waals surface area contributed by atoms with Crippen LogP contribution < -0.4 is 0 Å². The third kappa shape index (κ3) is 4.44. The molecule has 0 amide bonds. The van der Waals surface area contributed by atoms with Crippen LogP contribution in [0.5, 0.6) is 0 Å². The summed E-state index contributed by atoms with van der Waals surface area (Å²) in [5.41, 5.74) is 6.02. The monoisotopic (exact) mass is 357 g/mol. The van der Waals surface area contributed by atoms with Crippen LogP contribution in [0.1, 0.15) is 42.9 Å². The second kappa shape index (κ2) is 8.84. The van der Waals surface area contributed by atoms with Gasteiger partial charge in [0.25, 0.3) is 0 Å². The van der Waals surface area contributed by atoms with Crippen molar-refractivity contribution in [2.45, 2.75) is 45.6 Å². The molecule has 1 heterocycles. The molecule has 0 unspecified atom stereocenters. The van der Waals surface area contributed by atoms with Gasteiger partial charge in [0.2, 0.25) is 0 Å².